The molecule has 18 heavy (non-hydrogen) atoms. The summed E-state index contributed by atoms with van der Waals surface area (Å²) < 4.78 is 5.40. The molecule has 0 aromatic heterocycles. The van der Waals surface area contributed by atoms with Gasteiger partial charge < -0.3 is 15.4 Å². The van der Waals surface area contributed by atoms with Crippen molar-refractivity contribution < 1.29 is 9.53 Å². The van der Waals surface area contributed by atoms with Crippen LogP contribution >= 0.6 is 0 Å². The van der Waals surface area contributed by atoms with Gasteiger partial charge in [-0.2, -0.15) is 0 Å². The van der Waals surface area contributed by atoms with Gasteiger partial charge in [0.2, 0.25) is 0 Å². The van der Waals surface area contributed by atoms with Gasteiger partial charge in [-0.1, -0.05) is 6.07 Å². The zero-order valence-corrected chi connectivity index (χ0v) is 10.4. The lowest BCUT2D eigenvalue weighted by atomic mass is 10.1. The molecule has 1 heterocycles. The molecule has 3 rings (SSSR count). The van der Waals surface area contributed by atoms with Crippen LogP contribution in [0.4, 0.5) is 4.79 Å². The molecule has 4 heteroatoms. The molecular formula is C14H18N2O2. The fourth-order valence-electron chi connectivity index (χ4n) is 2.73. The second-order valence-corrected chi connectivity index (χ2v) is 5.15. The number of fused-ring (bicyclic) bond motifs is 1. The van der Waals surface area contributed by atoms with Gasteiger partial charge in [-0.05, 0) is 48.9 Å². The Morgan fingerprint density at radius 3 is 2.94 bits per heavy atom. The fourth-order valence-corrected chi connectivity index (χ4v) is 2.73. The largest absolute Gasteiger partial charge is 0.415 e. The predicted octanol–water partition coefficient (Wildman–Crippen LogP) is 1.71. The van der Waals surface area contributed by atoms with Crippen molar-refractivity contribution in [1.82, 2.24) is 4.90 Å². The average Bonchev–Trinajstić information content (AvgIpc) is 2.96. The van der Waals surface area contributed by atoms with Gasteiger partial charge in [-0.3, -0.25) is 0 Å². The van der Waals surface area contributed by atoms with E-state index in [1.165, 1.54) is 17.5 Å². The number of carbonyl (C=O) groups excluding carboxylic acids is 1. The van der Waals surface area contributed by atoms with Crippen molar-refractivity contribution in [3.63, 3.8) is 0 Å². The van der Waals surface area contributed by atoms with Crippen molar-refractivity contribution in [2.45, 2.75) is 31.7 Å². The Balaban J connectivity index is 1.67. The van der Waals surface area contributed by atoms with E-state index in [9.17, 15) is 4.79 Å². The van der Waals surface area contributed by atoms with E-state index in [4.69, 9.17) is 10.5 Å². The molecule has 1 amide bonds. The minimum atomic E-state index is -0.277. The third-order valence-corrected chi connectivity index (χ3v) is 3.76. The van der Waals surface area contributed by atoms with E-state index < -0.39 is 0 Å². The van der Waals surface area contributed by atoms with Crippen LogP contribution < -0.4 is 10.5 Å². The maximum Gasteiger partial charge on any atom is 0.415 e. The molecule has 1 aromatic rings. The van der Waals surface area contributed by atoms with Crippen LogP contribution in [0.25, 0.3) is 0 Å². The first-order valence-electron chi connectivity index (χ1n) is 6.56. The fraction of sp³-hybridized carbons (Fsp3) is 0.500. The highest BCUT2D eigenvalue weighted by atomic mass is 16.6. The number of nitrogens with two attached hydrogens (primary N) is 1. The number of hydrogen-bond donors (Lipinski definition) is 1. The molecular weight excluding hydrogens is 228 g/mol. The topological polar surface area (TPSA) is 55.6 Å². The van der Waals surface area contributed by atoms with E-state index in [1.54, 1.807) is 4.90 Å². The third kappa shape index (κ3) is 2.20. The Morgan fingerprint density at radius 2 is 2.17 bits per heavy atom. The van der Waals surface area contributed by atoms with Crippen LogP contribution in [0.1, 0.15) is 24.0 Å². The Kier molecular flexibility index (Phi) is 2.96. The summed E-state index contributed by atoms with van der Waals surface area (Å²) in [6, 6.07) is 6.05. The van der Waals surface area contributed by atoms with E-state index in [2.05, 4.69) is 6.07 Å². The molecule has 0 spiro atoms. The van der Waals surface area contributed by atoms with E-state index >= 15 is 0 Å². The molecule has 1 aliphatic carbocycles. The molecule has 0 bridgehead atoms. The van der Waals surface area contributed by atoms with Crippen LogP contribution in [0.5, 0.6) is 5.75 Å². The van der Waals surface area contributed by atoms with E-state index in [0.717, 1.165) is 19.3 Å². The van der Waals surface area contributed by atoms with Crippen molar-refractivity contribution in [3.8, 4) is 5.75 Å². The molecule has 1 fully saturated rings. The van der Waals surface area contributed by atoms with Crippen molar-refractivity contribution in [3.05, 3.63) is 29.3 Å². The van der Waals surface area contributed by atoms with Gasteiger partial charge in [0.25, 0.3) is 0 Å². The maximum absolute atomic E-state index is 11.9. The minimum Gasteiger partial charge on any atom is -0.410 e. The highest BCUT2D eigenvalue weighted by Gasteiger charge is 2.25. The summed E-state index contributed by atoms with van der Waals surface area (Å²) in [5, 5.41) is 0. The first-order chi connectivity index (χ1) is 8.72. The zero-order chi connectivity index (χ0) is 12.5. The van der Waals surface area contributed by atoms with Crippen LogP contribution in [-0.2, 0) is 12.8 Å². The van der Waals surface area contributed by atoms with Crippen molar-refractivity contribution in [1.29, 1.82) is 0 Å². The summed E-state index contributed by atoms with van der Waals surface area (Å²) in [6.07, 6.45) is 4.02. The molecule has 4 nitrogen and oxygen atoms in total. The molecule has 1 saturated heterocycles. The first-order valence-corrected chi connectivity index (χ1v) is 6.56. The molecule has 2 aliphatic rings. The summed E-state index contributed by atoms with van der Waals surface area (Å²) in [4.78, 5) is 13.6. The number of carbonyl (C=O) groups is 1. The highest BCUT2D eigenvalue weighted by molar-refractivity contribution is 5.71. The lowest BCUT2D eigenvalue weighted by Crippen LogP contribution is -2.34. The molecule has 1 unspecified atom stereocenters. The van der Waals surface area contributed by atoms with Gasteiger partial charge in [0.15, 0.2) is 0 Å². The van der Waals surface area contributed by atoms with Gasteiger partial charge in [0.05, 0.1) is 0 Å². The van der Waals surface area contributed by atoms with Crippen LogP contribution in [0, 0.1) is 0 Å². The third-order valence-electron chi connectivity index (χ3n) is 3.76. The summed E-state index contributed by atoms with van der Waals surface area (Å²) in [5.74, 6) is 0.654. The second-order valence-electron chi connectivity index (χ2n) is 5.15. The average molecular weight is 246 g/mol. The number of likely N-dealkylation sites (tertiary alicyclic amines) is 1. The Labute approximate surface area is 107 Å². The first kappa shape index (κ1) is 11.5. The standard InChI is InChI=1S/C14H18N2O2/c15-12-6-7-16(9-12)14(17)18-13-5-4-10-2-1-3-11(10)8-13/h4-5,8,12H,1-3,6-7,9,15H2. The van der Waals surface area contributed by atoms with Gasteiger partial charge in [-0.15, -0.1) is 0 Å². The van der Waals surface area contributed by atoms with Crippen molar-refractivity contribution >= 4 is 6.09 Å². The number of rotatable bonds is 1. The lowest BCUT2D eigenvalue weighted by Gasteiger charge is -2.15. The Bertz CT molecular complexity index is 473. The van der Waals surface area contributed by atoms with Crippen LogP contribution in [-0.4, -0.2) is 30.1 Å². The van der Waals surface area contributed by atoms with Crippen LogP contribution in [0.15, 0.2) is 18.2 Å². The summed E-state index contributed by atoms with van der Waals surface area (Å²) in [7, 11) is 0. The van der Waals surface area contributed by atoms with Crippen LogP contribution in [0.2, 0.25) is 0 Å². The minimum absolute atomic E-state index is 0.0950. The quantitative estimate of drug-likeness (QED) is 0.820. The Morgan fingerprint density at radius 1 is 1.33 bits per heavy atom. The van der Waals surface area contributed by atoms with Crippen molar-refractivity contribution in [2.24, 2.45) is 5.73 Å². The summed E-state index contributed by atoms with van der Waals surface area (Å²) >= 11 is 0. The van der Waals surface area contributed by atoms with Gasteiger partial charge >= 0.3 is 6.09 Å². The van der Waals surface area contributed by atoms with Crippen LogP contribution in [0.3, 0.4) is 0 Å². The van der Waals surface area contributed by atoms with Gasteiger partial charge in [0, 0.05) is 19.1 Å². The monoisotopic (exact) mass is 246 g/mol. The van der Waals surface area contributed by atoms with Gasteiger partial charge in [0.1, 0.15) is 5.75 Å². The normalized spacial score (nSPS) is 22.1. The summed E-state index contributed by atoms with van der Waals surface area (Å²) in [5.41, 5.74) is 8.49. The smallest absolute Gasteiger partial charge is 0.410 e. The Hall–Kier alpha value is -1.55. The van der Waals surface area contributed by atoms with Gasteiger partial charge in [-0.25, -0.2) is 4.79 Å². The van der Waals surface area contributed by atoms with E-state index in [0.29, 0.717) is 18.8 Å². The highest BCUT2D eigenvalue weighted by Crippen LogP contribution is 2.26. The molecule has 1 atom stereocenters. The molecule has 2 N–H and O–H groups in total. The number of nitrogens with zero attached hydrogens (tertiary/aromatic N) is 1. The molecule has 96 valence electrons. The summed E-state index contributed by atoms with van der Waals surface area (Å²) in [6.45, 7) is 1.30. The number of amides is 1. The zero-order valence-electron chi connectivity index (χ0n) is 10.4. The van der Waals surface area contributed by atoms with E-state index in [-0.39, 0.29) is 12.1 Å². The maximum atomic E-state index is 11.9. The molecule has 0 radical (unpaired) electrons. The molecule has 1 aliphatic heterocycles. The number of hydrogen-bond acceptors (Lipinski definition) is 3. The second kappa shape index (κ2) is 4.61. The number of ether oxygens (including phenoxy) is 1. The van der Waals surface area contributed by atoms with Crippen molar-refractivity contribution in [2.75, 3.05) is 13.1 Å². The number of benzene rings is 1. The molecule has 0 saturated carbocycles. The number of aryl methyl sites for hydroxylation is 2. The SMILES string of the molecule is NC1CCN(C(=O)Oc2ccc3c(c2)CCC3)C1. The molecule has 1 aromatic carbocycles. The van der Waals surface area contributed by atoms with E-state index in [1.807, 2.05) is 12.1 Å². The predicted molar refractivity (Wildman–Crippen MR) is 68.7 cm³/mol. The lowest BCUT2D eigenvalue weighted by molar-refractivity contribution is 0.162.